The van der Waals surface area contributed by atoms with Crippen LogP contribution < -0.4 is 5.73 Å². The van der Waals surface area contributed by atoms with Crippen molar-refractivity contribution in [3.8, 4) is 0 Å². The van der Waals surface area contributed by atoms with Crippen molar-refractivity contribution in [2.75, 3.05) is 31.6 Å². The Bertz CT molecular complexity index is 305. The highest BCUT2D eigenvalue weighted by atomic mass is 32.2. The standard InChI is InChI=1S/C14H25N3S/c1-3-17(12-14(15)7-11-18-2)10-6-13-4-8-16-9-5-13/h4-5,8-9,14H,3,6-7,10-12,15H2,1-2H3/t14-/m0/s1. The molecule has 0 unspecified atom stereocenters. The number of rotatable bonds is 9. The molecule has 18 heavy (non-hydrogen) atoms. The third-order valence-electron chi connectivity index (χ3n) is 3.10. The summed E-state index contributed by atoms with van der Waals surface area (Å²) in [5, 5.41) is 0. The van der Waals surface area contributed by atoms with Crippen LogP contribution >= 0.6 is 11.8 Å². The van der Waals surface area contributed by atoms with E-state index in [4.69, 9.17) is 5.73 Å². The van der Waals surface area contributed by atoms with Crippen molar-refractivity contribution in [3.63, 3.8) is 0 Å². The summed E-state index contributed by atoms with van der Waals surface area (Å²) in [7, 11) is 0. The van der Waals surface area contributed by atoms with Crippen LogP contribution in [-0.4, -0.2) is 47.6 Å². The van der Waals surface area contributed by atoms with Crippen LogP contribution in [0.4, 0.5) is 0 Å². The highest BCUT2D eigenvalue weighted by Crippen LogP contribution is 2.03. The summed E-state index contributed by atoms with van der Waals surface area (Å²) in [4.78, 5) is 6.47. The van der Waals surface area contributed by atoms with E-state index in [0.29, 0.717) is 6.04 Å². The van der Waals surface area contributed by atoms with Gasteiger partial charge in [-0.1, -0.05) is 6.92 Å². The predicted molar refractivity (Wildman–Crippen MR) is 81.0 cm³/mol. The number of nitrogens with zero attached hydrogens (tertiary/aromatic N) is 2. The Hall–Kier alpha value is -0.580. The first-order valence-electron chi connectivity index (χ1n) is 6.62. The van der Waals surface area contributed by atoms with E-state index in [2.05, 4.69) is 35.2 Å². The Kier molecular flexibility index (Phi) is 8.05. The molecule has 0 saturated carbocycles. The van der Waals surface area contributed by atoms with Gasteiger partial charge in [0.2, 0.25) is 0 Å². The fourth-order valence-corrected chi connectivity index (χ4v) is 2.45. The average Bonchev–Trinajstić information content (AvgIpc) is 2.42. The van der Waals surface area contributed by atoms with Crippen LogP contribution in [-0.2, 0) is 6.42 Å². The monoisotopic (exact) mass is 267 g/mol. The Morgan fingerprint density at radius 2 is 2.11 bits per heavy atom. The molecule has 0 spiro atoms. The number of hydrogen-bond donors (Lipinski definition) is 1. The molecule has 0 amide bonds. The molecule has 0 radical (unpaired) electrons. The van der Waals surface area contributed by atoms with Gasteiger partial charge in [0.15, 0.2) is 0 Å². The normalized spacial score (nSPS) is 12.9. The van der Waals surface area contributed by atoms with E-state index >= 15 is 0 Å². The summed E-state index contributed by atoms with van der Waals surface area (Å²) in [6, 6.07) is 4.47. The first-order chi connectivity index (χ1) is 8.76. The second kappa shape index (κ2) is 9.36. The van der Waals surface area contributed by atoms with Gasteiger partial charge in [0.25, 0.3) is 0 Å². The van der Waals surface area contributed by atoms with Crippen molar-refractivity contribution >= 4 is 11.8 Å². The van der Waals surface area contributed by atoms with E-state index in [1.54, 1.807) is 0 Å². The minimum absolute atomic E-state index is 0.301. The number of nitrogens with two attached hydrogens (primary N) is 1. The predicted octanol–water partition coefficient (Wildman–Crippen LogP) is 2.03. The lowest BCUT2D eigenvalue weighted by molar-refractivity contribution is 0.270. The Labute approximate surface area is 115 Å². The average molecular weight is 267 g/mol. The molecule has 0 aromatic carbocycles. The molecule has 102 valence electrons. The van der Waals surface area contributed by atoms with Crippen molar-refractivity contribution in [2.24, 2.45) is 5.73 Å². The summed E-state index contributed by atoms with van der Waals surface area (Å²) in [6.07, 6.45) is 8.03. The molecule has 1 rings (SSSR count). The molecule has 0 aliphatic heterocycles. The lowest BCUT2D eigenvalue weighted by Gasteiger charge is -2.24. The second-order valence-electron chi connectivity index (χ2n) is 4.54. The highest BCUT2D eigenvalue weighted by Gasteiger charge is 2.08. The molecule has 1 aromatic rings. The van der Waals surface area contributed by atoms with Gasteiger partial charge >= 0.3 is 0 Å². The SMILES string of the molecule is CCN(CCc1ccncc1)C[C@@H](N)CCSC. The van der Waals surface area contributed by atoms with Crippen molar-refractivity contribution in [3.05, 3.63) is 30.1 Å². The molecule has 0 aliphatic carbocycles. The zero-order chi connectivity index (χ0) is 13.2. The third kappa shape index (κ3) is 6.38. The third-order valence-corrected chi connectivity index (χ3v) is 3.74. The number of aromatic nitrogens is 1. The Morgan fingerprint density at radius 3 is 2.72 bits per heavy atom. The van der Waals surface area contributed by atoms with Gasteiger partial charge in [-0.25, -0.2) is 0 Å². The number of pyridine rings is 1. The van der Waals surface area contributed by atoms with Crippen molar-refractivity contribution in [2.45, 2.75) is 25.8 Å². The first kappa shape index (κ1) is 15.5. The smallest absolute Gasteiger partial charge is 0.0270 e. The van der Waals surface area contributed by atoms with Gasteiger partial charge in [0, 0.05) is 31.5 Å². The molecule has 4 heteroatoms. The maximum absolute atomic E-state index is 6.14. The van der Waals surface area contributed by atoms with Gasteiger partial charge < -0.3 is 10.6 Å². The number of likely N-dealkylation sites (N-methyl/N-ethyl adjacent to an activating group) is 1. The van der Waals surface area contributed by atoms with E-state index in [9.17, 15) is 0 Å². The maximum Gasteiger partial charge on any atom is 0.0270 e. The van der Waals surface area contributed by atoms with Crippen molar-refractivity contribution in [1.29, 1.82) is 0 Å². The number of hydrogen-bond acceptors (Lipinski definition) is 4. The minimum Gasteiger partial charge on any atom is -0.327 e. The first-order valence-corrected chi connectivity index (χ1v) is 8.01. The summed E-state index contributed by atoms with van der Waals surface area (Å²) in [5.74, 6) is 1.16. The molecule has 0 saturated heterocycles. The Balaban J connectivity index is 2.29. The minimum atomic E-state index is 0.301. The van der Waals surface area contributed by atoms with Gasteiger partial charge in [0.05, 0.1) is 0 Å². The van der Waals surface area contributed by atoms with E-state index in [0.717, 1.165) is 38.2 Å². The highest BCUT2D eigenvalue weighted by molar-refractivity contribution is 7.98. The zero-order valence-corrected chi connectivity index (χ0v) is 12.3. The molecule has 1 aromatic heterocycles. The zero-order valence-electron chi connectivity index (χ0n) is 11.5. The fourth-order valence-electron chi connectivity index (χ4n) is 1.91. The molecular weight excluding hydrogens is 242 g/mol. The maximum atomic E-state index is 6.14. The van der Waals surface area contributed by atoms with Gasteiger partial charge in [-0.05, 0) is 49.1 Å². The Morgan fingerprint density at radius 1 is 1.39 bits per heavy atom. The summed E-state index contributed by atoms with van der Waals surface area (Å²) in [6.45, 7) is 5.35. The molecule has 1 atom stereocenters. The molecule has 0 aliphatic rings. The fraction of sp³-hybridized carbons (Fsp3) is 0.643. The van der Waals surface area contributed by atoms with Crippen LogP contribution in [0.15, 0.2) is 24.5 Å². The molecule has 3 nitrogen and oxygen atoms in total. The van der Waals surface area contributed by atoms with Gasteiger partial charge in [-0.2, -0.15) is 11.8 Å². The summed E-state index contributed by atoms with van der Waals surface area (Å²) < 4.78 is 0. The molecule has 0 bridgehead atoms. The lowest BCUT2D eigenvalue weighted by Crippen LogP contribution is -2.38. The van der Waals surface area contributed by atoms with Gasteiger partial charge in [-0.15, -0.1) is 0 Å². The van der Waals surface area contributed by atoms with E-state index in [-0.39, 0.29) is 0 Å². The van der Waals surface area contributed by atoms with Crippen LogP contribution in [0.1, 0.15) is 18.9 Å². The van der Waals surface area contributed by atoms with E-state index in [1.807, 2.05) is 24.2 Å². The summed E-state index contributed by atoms with van der Waals surface area (Å²) >= 11 is 1.87. The van der Waals surface area contributed by atoms with Crippen LogP contribution in [0.3, 0.4) is 0 Å². The van der Waals surface area contributed by atoms with Crippen LogP contribution in [0, 0.1) is 0 Å². The molecular formula is C14H25N3S. The molecule has 0 fully saturated rings. The molecule has 2 N–H and O–H groups in total. The van der Waals surface area contributed by atoms with Crippen LogP contribution in [0.5, 0.6) is 0 Å². The second-order valence-corrected chi connectivity index (χ2v) is 5.53. The number of thioether (sulfide) groups is 1. The van der Waals surface area contributed by atoms with Gasteiger partial charge in [-0.3, -0.25) is 4.98 Å². The van der Waals surface area contributed by atoms with Crippen LogP contribution in [0.2, 0.25) is 0 Å². The largest absolute Gasteiger partial charge is 0.327 e. The van der Waals surface area contributed by atoms with Crippen LogP contribution in [0.25, 0.3) is 0 Å². The van der Waals surface area contributed by atoms with Crippen molar-refractivity contribution in [1.82, 2.24) is 9.88 Å². The summed E-state index contributed by atoms with van der Waals surface area (Å²) in [5.41, 5.74) is 7.49. The van der Waals surface area contributed by atoms with Gasteiger partial charge in [0.1, 0.15) is 0 Å². The van der Waals surface area contributed by atoms with Crippen molar-refractivity contribution < 1.29 is 0 Å². The molecule has 1 heterocycles. The quantitative estimate of drug-likeness (QED) is 0.743. The van der Waals surface area contributed by atoms with E-state index in [1.165, 1.54) is 5.56 Å². The topological polar surface area (TPSA) is 42.2 Å². The van der Waals surface area contributed by atoms with E-state index < -0.39 is 0 Å². The lowest BCUT2D eigenvalue weighted by atomic mass is 10.1.